The number of rotatable bonds is 41. The summed E-state index contributed by atoms with van der Waals surface area (Å²) in [6, 6.07) is 0. The molecule has 308 valence electrons. The highest BCUT2D eigenvalue weighted by Crippen LogP contribution is 2.36. The average Bonchev–Trinajstić information content (AvgIpc) is 3.11. The number of hydrogen-bond donors (Lipinski definition) is 2. The average molecular weight is 759 g/mol. The van der Waals surface area contributed by atoms with E-state index < -0.39 is 32.5 Å². The monoisotopic (exact) mass is 759 g/mol. The maximum atomic E-state index is 12.4. The van der Waals surface area contributed by atoms with E-state index in [0.717, 1.165) is 44.9 Å². The summed E-state index contributed by atoms with van der Waals surface area (Å²) in [5, 5.41) is 0. The van der Waals surface area contributed by atoms with Gasteiger partial charge in [0.2, 0.25) is 0 Å². The molecule has 9 heteroatoms. The van der Waals surface area contributed by atoms with E-state index in [-0.39, 0.29) is 19.4 Å². The molecule has 0 aromatic carbocycles. The van der Waals surface area contributed by atoms with E-state index in [0.29, 0.717) is 6.42 Å². The van der Waals surface area contributed by atoms with Crippen molar-refractivity contribution in [2.24, 2.45) is 0 Å². The summed E-state index contributed by atoms with van der Waals surface area (Å²) in [5.41, 5.74) is 0. The Morgan fingerprint density at radius 1 is 0.481 bits per heavy atom. The molecule has 1 atom stereocenters. The number of unbranched alkanes of at least 4 members (excludes halogenated alkanes) is 29. The molecule has 0 unspecified atom stereocenters. The summed E-state index contributed by atoms with van der Waals surface area (Å²) in [6.45, 7) is 3.70. The van der Waals surface area contributed by atoms with Gasteiger partial charge in [-0.3, -0.25) is 14.1 Å². The van der Waals surface area contributed by atoms with Crippen molar-refractivity contribution >= 4 is 19.8 Å². The van der Waals surface area contributed by atoms with Gasteiger partial charge >= 0.3 is 19.8 Å². The van der Waals surface area contributed by atoms with Crippen molar-refractivity contribution in [3.05, 3.63) is 12.2 Å². The van der Waals surface area contributed by atoms with Gasteiger partial charge < -0.3 is 19.3 Å². The molecule has 0 rings (SSSR count). The van der Waals surface area contributed by atoms with E-state index in [2.05, 4.69) is 30.5 Å². The normalized spacial score (nSPS) is 12.5. The van der Waals surface area contributed by atoms with Gasteiger partial charge in [-0.2, -0.15) is 0 Å². The Balaban J connectivity index is 3.85. The molecule has 0 aliphatic rings. The van der Waals surface area contributed by atoms with Crippen LogP contribution < -0.4 is 0 Å². The van der Waals surface area contributed by atoms with Crippen LogP contribution in [0.5, 0.6) is 0 Å². The molecule has 0 aliphatic heterocycles. The summed E-state index contributed by atoms with van der Waals surface area (Å²) >= 11 is 0. The van der Waals surface area contributed by atoms with E-state index in [1.54, 1.807) is 0 Å². The van der Waals surface area contributed by atoms with Gasteiger partial charge in [-0.15, -0.1) is 0 Å². The lowest BCUT2D eigenvalue weighted by atomic mass is 10.0. The van der Waals surface area contributed by atoms with E-state index in [9.17, 15) is 14.2 Å². The van der Waals surface area contributed by atoms with Crippen LogP contribution in [0.15, 0.2) is 12.2 Å². The summed E-state index contributed by atoms with van der Waals surface area (Å²) in [4.78, 5) is 42.9. The SMILES string of the molecule is CCCCCC/C=C/CCCCCCCCCC(=O)OC[C@H](COP(=O)(O)O)OC(=O)CCCCCCCCCCCCCCCCCCCCC. The van der Waals surface area contributed by atoms with E-state index in [4.69, 9.17) is 19.3 Å². The number of allylic oxidation sites excluding steroid dienone is 2. The number of hydrogen-bond acceptors (Lipinski definition) is 6. The zero-order valence-electron chi connectivity index (χ0n) is 34.0. The molecule has 0 saturated carbocycles. The Labute approximate surface area is 320 Å². The first-order valence-electron chi connectivity index (χ1n) is 22.0. The highest BCUT2D eigenvalue weighted by atomic mass is 31.2. The topological polar surface area (TPSA) is 119 Å². The summed E-state index contributed by atoms with van der Waals surface area (Å²) in [5.74, 6) is -0.877. The lowest BCUT2D eigenvalue weighted by molar-refractivity contribution is -0.161. The standard InChI is InChI=1S/C43H83O8P/c1-3-5-7-9-11-13-15-17-19-20-21-22-24-26-28-30-32-34-36-38-43(45)51-41(40-50-52(46,47)48)39-49-42(44)37-35-33-31-29-27-25-23-18-16-14-12-10-8-6-4-2/h14,16,41H,3-13,15,17-40H2,1-2H3,(H2,46,47,48)/b16-14+/t41-/m1/s1. The minimum absolute atomic E-state index is 0.217. The van der Waals surface area contributed by atoms with Crippen molar-refractivity contribution in [1.29, 1.82) is 0 Å². The largest absolute Gasteiger partial charge is 0.469 e. The Hall–Kier alpha value is -1.21. The van der Waals surface area contributed by atoms with Gasteiger partial charge in [-0.1, -0.05) is 193 Å². The van der Waals surface area contributed by atoms with Crippen molar-refractivity contribution in [3.63, 3.8) is 0 Å². The number of phosphoric acid groups is 1. The zero-order chi connectivity index (χ0) is 38.2. The van der Waals surface area contributed by atoms with Crippen LogP contribution in [0.4, 0.5) is 0 Å². The molecule has 0 aliphatic carbocycles. The van der Waals surface area contributed by atoms with Crippen LogP contribution in [0, 0.1) is 0 Å². The lowest BCUT2D eigenvalue weighted by Crippen LogP contribution is -2.29. The molecule has 0 amide bonds. The molecule has 2 N–H and O–H groups in total. The van der Waals surface area contributed by atoms with Gasteiger partial charge in [0.15, 0.2) is 6.10 Å². The Morgan fingerprint density at radius 3 is 1.19 bits per heavy atom. The van der Waals surface area contributed by atoms with Gasteiger partial charge in [-0.25, -0.2) is 4.57 Å². The van der Waals surface area contributed by atoms with Crippen molar-refractivity contribution in [3.8, 4) is 0 Å². The smallest absolute Gasteiger partial charge is 0.462 e. The highest BCUT2D eigenvalue weighted by molar-refractivity contribution is 7.46. The molecule has 0 radical (unpaired) electrons. The second kappa shape index (κ2) is 39.5. The lowest BCUT2D eigenvalue weighted by Gasteiger charge is -2.18. The van der Waals surface area contributed by atoms with Crippen molar-refractivity contribution < 1.29 is 37.9 Å². The predicted octanol–water partition coefficient (Wildman–Crippen LogP) is 13.4. The summed E-state index contributed by atoms with van der Waals surface area (Å²) in [6.07, 6.45) is 43.6. The van der Waals surface area contributed by atoms with Gasteiger partial charge in [0.1, 0.15) is 6.61 Å². The van der Waals surface area contributed by atoms with Crippen LogP contribution in [0.1, 0.15) is 232 Å². The number of esters is 2. The maximum Gasteiger partial charge on any atom is 0.469 e. The van der Waals surface area contributed by atoms with Crippen LogP contribution in [-0.4, -0.2) is 41.0 Å². The minimum Gasteiger partial charge on any atom is -0.462 e. The quantitative estimate of drug-likeness (QED) is 0.0274. The fourth-order valence-corrected chi connectivity index (χ4v) is 6.85. The Morgan fingerprint density at radius 2 is 0.808 bits per heavy atom. The highest BCUT2D eigenvalue weighted by Gasteiger charge is 2.22. The van der Waals surface area contributed by atoms with Gasteiger partial charge in [0.25, 0.3) is 0 Å². The number of carbonyl (C=O) groups excluding carboxylic acids is 2. The maximum absolute atomic E-state index is 12.4. The fourth-order valence-electron chi connectivity index (χ4n) is 6.49. The zero-order valence-corrected chi connectivity index (χ0v) is 34.9. The fraction of sp³-hybridized carbons (Fsp3) is 0.907. The van der Waals surface area contributed by atoms with Crippen LogP contribution in [0.3, 0.4) is 0 Å². The third-order valence-corrected chi connectivity index (χ3v) is 10.3. The summed E-state index contributed by atoms with van der Waals surface area (Å²) < 4.78 is 26.4. The molecule has 0 saturated heterocycles. The molecular weight excluding hydrogens is 675 g/mol. The third-order valence-electron chi connectivity index (χ3n) is 9.78. The van der Waals surface area contributed by atoms with E-state index in [1.807, 2.05) is 0 Å². The molecule has 0 aromatic rings. The molecule has 0 bridgehead atoms. The second-order valence-corrected chi connectivity index (χ2v) is 16.3. The summed E-state index contributed by atoms with van der Waals surface area (Å²) in [7, 11) is -4.75. The molecule has 0 aromatic heterocycles. The Kier molecular flexibility index (Phi) is 38.6. The van der Waals surface area contributed by atoms with Gasteiger partial charge in [0.05, 0.1) is 6.61 Å². The Bertz CT molecular complexity index is 858. The van der Waals surface area contributed by atoms with E-state index >= 15 is 0 Å². The van der Waals surface area contributed by atoms with Crippen LogP contribution in [0.25, 0.3) is 0 Å². The molecule has 0 fully saturated rings. The number of phosphoric ester groups is 1. The van der Waals surface area contributed by atoms with Gasteiger partial charge in [-0.05, 0) is 38.5 Å². The molecule has 8 nitrogen and oxygen atoms in total. The molecule has 0 spiro atoms. The number of carbonyl (C=O) groups is 2. The molecule has 0 heterocycles. The predicted molar refractivity (Wildman–Crippen MR) is 216 cm³/mol. The first-order valence-corrected chi connectivity index (χ1v) is 23.5. The van der Waals surface area contributed by atoms with Crippen molar-refractivity contribution in [2.75, 3.05) is 13.2 Å². The molecule has 52 heavy (non-hydrogen) atoms. The molecular formula is C43H83O8P. The first-order chi connectivity index (χ1) is 25.3. The van der Waals surface area contributed by atoms with Crippen molar-refractivity contribution in [1.82, 2.24) is 0 Å². The van der Waals surface area contributed by atoms with Crippen LogP contribution in [0.2, 0.25) is 0 Å². The third kappa shape index (κ3) is 41.5. The van der Waals surface area contributed by atoms with Crippen molar-refractivity contribution in [2.45, 2.75) is 238 Å². The van der Waals surface area contributed by atoms with Crippen LogP contribution in [-0.2, 0) is 28.2 Å². The van der Waals surface area contributed by atoms with Gasteiger partial charge in [0, 0.05) is 12.8 Å². The van der Waals surface area contributed by atoms with Crippen LogP contribution >= 0.6 is 7.82 Å². The minimum atomic E-state index is -4.75. The van der Waals surface area contributed by atoms with E-state index in [1.165, 1.54) is 154 Å². The number of ether oxygens (including phenoxy) is 2. The first kappa shape index (κ1) is 50.8. The second-order valence-electron chi connectivity index (χ2n) is 15.0.